The summed E-state index contributed by atoms with van der Waals surface area (Å²) < 4.78 is 14.5. The zero-order chi connectivity index (χ0) is 19.8. The van der Waals surface area contributed by atoms with E-state index in [2.05, 4.69) is 4.90 Å². The molecule has 0 aromatic heterocycles. The average Bonchev–Trinajstić information content (AvgIpc) is 2.94. The zero-order valence-electron chi connectivity index (χ0n) is 16.9. The van der Waals surface area contributed by atoms with Crippen LogP contribution in [0.3, 0.4) is 0 Å². The molecule has 156 valence electrons. The normalized spacial score (nSPS) is 27.9. The van der Waals surface area contributed by atoms with Crippen LogP contribution in [-0.2, 0) is 13.0 Å². The molecular formula is C23H35FN2O2. The van der Waals surface area contributed by atoms with Crippen LogP contribution < -0.4 is 5.48 Å². The third kappa shape index (κ3) is 3.50. The van der Waals surface area contributed by atoms with Gasteiger partial charge in [-0.05, 0) is 74.0 Å². The molecule has 4 nitrogen and oxygen atoms in total. The van der Waals surface area contributed by atoms with Gasteiger partial charge in [0.25, 0.3) is 5.91 Å². The van der Waals surface area contributed by atoms with E-state index in [-0.39, 0.29) is 14.2 Å². The van der Waals surface area contributed by atoms with Crippen LogP contribution in [-0.4, -0.2) is 29.1 Å². The molecule has 5 rings (SSSR count). The number of allylic oxidation sites excluding steroid dienone is 2. The Kier molecular flexibility index (Phi) is 5.57. The minimum Gasteiger partial charge on any atom is -0.298 e. The van der Waals surface area contributed by atoms with Gasteiger partial charge in [0.05, 0.1) is 0 Å². The second kappa shape index (κ2) is 7.96. The zero-order valence-corrected chi connectivity index (χ0v) is 16.9. The van der Waals surface area contributed by atoms with Gasteiger partial charge >= 0.3 is 0 Å². The fraction of sp³-hybridized carbons (Fsp3) is 0.609. The van der Waals surface area contributed by atoms with Crippen molar-refractivity contribution in [2.75, 3.05) is 13.1 Å². The number of fused-ring (bicyclic) bond motifs is 2. The summed E-state index contributed by atoms with van der Waals surface area (Å²) in [6.45, 7) is 6.60. The third-order valence-electron chi connectivity index (χ3n) is 7.01. The highest BCUT2D eigenvalue weighted by Gasteiger charge is 2.42. The van der Waals surface area contributed by atoms with Crippen LogP contribution in [0.5, 0.6) is 0 Å². The molecule has 3 aliphatic carbocycles. The van der Waals surface area contributed by atoms with Gasteiger partial charge in [-0.3, -0.25) is 14.9 Å². The average molecular weight is 391 g/mol. The Labute approximate surface area is 169 Å². The number of nitrogens with zero attached hydrogens (tertiary/aromatic N) is 1. The lowest BCUT2D eigenvalue weighted by molar-refractivity contribution is 0.0705. The van der Waals surface area contributed by atoms with Crippen molar-refractivity contribution < 1.29 is 17.2 Å². The molecule has 2 unspecified atom stereocenters. The van der Waals surface area contributed by atoms with Crippen molar-refractivity contribution in [3.63, 3.8) is 0 Å². The topological polar surface area (TPSA) is 52.6 Å². The van der Waals surface area contributed by atoms with Crippen molar-refractivity contribution in [1.29, 1.82) is 0 Å². The van der Waals surface area contributed by atoms with Gasteiger partial charge in [0.15, 0.2) is 0 Å². The Bertz CT molecular complexity index is 815. The number of halogens is 1. The summed E-state index contributed by atoms with van der Waals surface area (Å²) in [5.74, 6) is 1.45. The van der Waals surface area contributed by atoms with Crippen molar-refractivity contribution in [2.24, 2.45) is 17.8 Å². The number of hydroxylamine groups is 1. The number of hydrogen-bond acceptors (Lipinski definition) is 3. The number of hydrogen-bond donors (Lipinski definition) is 2. The summed E-state index contributed by atoms with van der Waals surface area (Å²) in [5, 5.41) is 8.77. The second-order valence-electron chi connectivity index (χ2n) is 8.66. The molecule has 2 N–H and O–H groups in total. The summed E-state index contributed by atoms with van der Waals surface area (Å²) in [7, 11) is 0. The van der Waals surface area contributed by atoms with E-state index in [9.17, 15) is 9.18 Å². The molecule has 1 aromatic carbocycles. The molecule has 1 saturated carbocycles. The van der Waals surface area contributed by atoms with E-state index in [1.165, 1.54) is 38.2 Å². The van der Waals surface area contributed by atoms with Crippen LogP contribution in [0, 0.1) is 23.6 Å². The maximum absolute atomic E-state index is 14.5. The predicted molar refractivity (Wildman–Crippen MR) is 111 cm³/mol. The molecule has 5 heteroatoms. The maximum atomic E-state index is 14.5. The standard InChI is InChI=1S/C21H25FN2O2.C2H6.2H2/c22-20-9-17(21(25)23-26)7-14-1-2-24(11-19(14)20)10-13-3-12-4-15-8-16(5-13)18(15)6-12;1-2;;/h7,9,12-13,16,26H,1-6,8,10-11H2,(H,23,25);1-2H3;2*1H/t12?,13?,16-;;;/m1.../s1. The first kappa shape index (κ1) is 19.6. The minimum absolute atomic E-state index is 0. The first-order valence-electron chi connectivity index (χ1n) is 10.8. The molecular weight excluding hydrogens is 355 g/mol. The minimum atomic E-state index is -0.656. The molecule has 1 amide bonds. The smallest absolute Gasteiger partial charge is 0.274 e. The third-order valence-corrected chi connectivity index (χ3v) is 7.01. The van der Waals surface area contributed by atoms with Crippen molar-refractivity contribution in [3.05, 3.63) is 45.8 Å². The Morgan fingerprint density at radius 2 is 2.11 bits per heavy atom. The first-order valence-corrected chi connectivity index (χ1v) is 10.8. The van der Waals surface area contributed by atoms with Crippen molar-refractivity contribution in [1.82, 2.24) is 10.4 Å². The molecule has 4 aliphatic rings. The Morgan fingerprint density at radius 3 is 2.89 bits per heavy atom. The molecule has 0 spiro atoms. The second-order valence-corrected chi connectivity index (χ2v) is 8.66. The summed E-state index contributed by atoms with van der Waals surface area (Å²) in [4.78, 5) is 14.0. The van der Waals surface area contributed by atoms with Gasteiger partial charge in [-0.15, -0.1) is 0 Å². The van der Waals surface area contributed by atoms with E-state index in [4.69, 9.17) is 5.21 Å². The first-order chi connectivity index (χ1) is 13.6. The van der Waals surface area contributed by atoms with Crippen molar-refractivity contribution in [3.8, 4) is 0 Å². The lowest BCUT2D eigenvalue weighted by Crippen LogP contribution is -2.37. The van der Waals surface area contributed by atoms with Crippen LogP contribution >= 0.6 is 0 Å². The van der Waals surface area contributed by atoms with Gasteiger partial charge in [-0.1, -0.05) is 25.0 Å². The quantitative estimate of drug-likeness (QED) is 0.436. The number of rotatable bonds is 3. The number of benzene rings is 1. The fourth-order valence-corrected chi connectivity index (χ4v) is 5.87. The van der Waals surface area contributed by atoms with Gasteiger partial charge in [-0.2, -0.15) is 0 Å². The molecule has 0 radical (unpaired) electrons. The Balaban J connectivity index is 0.000000779. The molecule has 1 aliphatic heterocycles. The Hall–Kier alpha value is -1.72. The lowest BCUT2D eigenvalue weighted by atomic mass is 9.73. The van der Waals surface area contributed by atoms with Crippen LogP contribution in [0.4, 0.5) is 4.39 Å². The monoisotopic (exact) mass is 390 g/mol. The van der Waals surface area contributed by atoms with E-state index < -0.39 is 5.91 Å². The molecule has 0 saturated heterocycles. The predicted octanol–water partition coefficient (Wildman–Crippen LogP) is 4.96. The largest absolute Gasteiger partial charge is 0.298 e. The molecule has 1 fully saturated rings. The highest BCUT2D eigenvalue weighted by Crippen LogP contribution is 2.55. The maximum Gasteiger partial charge on any atom is 0.274 e. The molecule has 28 heavy (non-hydrogen) atoms. The van der Waals surface area contributed by atoms with Crippen LogP contribution in [0.15, 0.2) is 23.3 Å². The number of carbonyl (C=O) groups excluding carboxylic acids is 1. The summed E-state index contributed by atoms with van der Waals surface area (Å²) >= 11 is 0. The van der Waals surface area contributed by atoms with Crippen LogP contribution in [0.2, 0.25) is 0 Å². The number of nitrogens with one attached hydrogen (secondary N) is 1. The van der Waals surface area contributed by atoms with Gasteiger partial charge in [0.2, 0.25) is 0 Å². The molecule has 2 bridgehead atoms. The van der Waals surface area contributed by atoms with Gasteiger partial charge in [0.1, 0.15) is 5.82 Å². The lowest BCUT2D eigenvalue weighted by Gasteiger charge is -2.37. The van der Waals surface area contributed by atoms with Gasteiger partial charge in [-0.25, -0.2) is 9.87 Å². The van der Waals surface area contributed by atoms with Gasteiger partial charge < -0.3 is 0 Å². The van der Waals surface area contributed by atoms with E-state index in [0.717, 1.165) is 48.4 Å². The fourth-order valence-electron chi connectivity index (χ4n) is 5.87. The van der Waals surface area contributed by atoms with Crippen molar-refractivity contribution >= 4 is 5.91 Å². The molecule has 1 heterocycles. The van der Waals surface area contributed by atoms with Crippen molar-refractivity contribution in [2.45, 2.75) is 58.9 Å². The van der Waals surface area contributed by atoms with Crippen LogP contribution in [0.1, 0.15) is 70.3 Å². The summed E-state index contributed by atoms with van der Waals surface area (Å²) in [6.07, 6.45) is 7.43. The highest BCUT2D eigenvalue weighted by atomic mass is 19.1. The van der Waals surface area contributed by atoms with E-state index in [1.807, 2.05) is 13.8 Å². The summed E-state index contributed by atoms with van der Waals surface area (Å²) in [5.41, 5.74) is 6.95. The molecule has 1 aromatic rings. The molecule has 3 atom stereocenters. The van der Waals surface area contributed by atoms with E-state index in [0.29, 0.717) is 6.54 Å². The Morgan fingerprint density at radius 1 is 1.29 bits per heavy atom. The SMILES string of the molecule is CC.O=C(NO)c1cc(F)c2c(c1)CCN(CC1CC3CC4=C(C3)[C@@H](C4)C1)C2.[HH].[HH]. The number of amides is 1. The van der Waals surface area contributed by atoms with E-state index >= 15 is 0 Å². The van der Waals surface area contributed by atoms with Gasteiger partial charge in [0, 0.05) is 33.6 Å². The van der Waals surface area contributed by atoms with E-state index in [1.54, 1.807) is 22.7 Å². The van der Waals surface area contributed by atoms with Crippen LogP contribution in [0.25, 0.3) is 0 Å². The summed E-state index contributed by atoms with van der Waals surface area (Å²) in [6, 6.07) is 2.95. The highest BCUT2D eigenvalue weighted by molar-refractivity contribution is 5.93. The number of carbonyl (C=O) groups is 1.